The Hall–Kier alpha value is -1.42. The van der Waals surface area contributed by atoms with E-state index in [1.807, 2.05) is 24.5 Å². The monoisotopic (exact) mass is 368 g/mol. The summed E-state index contributed by atoms with van der Waals surface area (Å²) >= 11 is 0. The highest BCUT2D eigenvalue weighted by molar-refractivity contribution is 5.77. The van der Waals surface area contributed by atoms with Crippen molar-refractivity contribution in [3.05, 3.63) is 30.1 Å². The minimum atomic E-state index is 0.215. The second-order valence-corrected chi connectivity index (χ2v) is 9.86. The molecule has 1 amide bonds. The van der Waals surface area contributed by atoms with Gasteiger partial charge in [-0.1, -0.05) is 0 Å². The lowest BCUT2D eigenvalue weighted by atomic mass is 9.49. The molecule has 0 radical (unpaired) electrons. The van der Waals surface area contributed by atoms with Crippen LogP contribution in [-0.2, 0) is 16.1 Å². The zero-order chi connectivity index (χ0) is 18.3. The summed E-state index contributed by atoms with van der Waals surface area (Å²) in [5.74, 6) is 3.05. The van der Waals surface area contributed by atoms with Crippen molar-refractivity contribution in [3.8, 4) is 0 Å². The van der Waals surface area contributed by atoms with E-state index >= 15 is 0 Å². The maximum atomic E-state index is 13.5. The second kappa shape index (κ2) is 7.20. The lowest BCUT2D eigenvalue weighted by molar-refractivity contribution is -0.141. The Morgan fingerprint density at radius 3 is 2.37 bits per heavy atom. The number of carbonyl (C=O) groups is 1. The minimum Gasteiger partial charge on any atom is -0.376 e. The van der Waals surface area contributed by atoms with Crippen LogP contribution in [-0.4, -0.2) is 35.0 Å². The molecule has 4 nitrogen and oxygen atoms in total. The zero-order valence-electron chi connectivity index (χ0n) is 16.3. The Morgan fingerprint density at radius 1 is 1.11 bits per heavy atom. The molecule has 1 unspecified atom stereocenters. The molecule has 146 valence electrons. The summed E-state index contributed by atoms with van der Waals surface area (Å²) in [6, 6.07) is 4.06. The van der Waals surface area contributed by atoms with Crippen LogP contribution in [0.2, 0.25) is 0 Å². The molecule has 4 heteroatoms. The smallest absolute Gasteiger partial charge is 0.223 e. The van der Waals surface area contributed by atoms with Crippen LogP contribution in [0.15, 0.2) is 24.5 Å². The number of pyridine rings is 1. The molecule has 2 heterocycles. The number of amides is 1. The van der Waals surface area contributed by atoms with E-state index in [-0.39, 0.29) is 6.10 Å². The fourth-order valence-corrected chi connectivity index (χ4v) is 6.94. The van der Waals surface area contributed by atoms with Crippen molar-refractivity contribution in [2.24, 2.45) is 23.2 Å². The van der Waals surface area contributed by atoms with Crippen LogP contribution in [0.25, 0.3) is 0 Å². The van der Waals surface area contributed by atoms with Gasteiger partial charge >= 0.3 is 0 Å². The van der Waals surface area contributed by atoms with Gasteiger partial charge in [-0.15, -0.1) is 0 Å². The molecule has 5 fully saturated rings. The lowest BCUT2D eigenvalue weighted by Crippen LogP contribution is -2.49. The van der Waals surface area contributed by atoms with Crippen LogP contribution in [0.3, 0.4) is 0 Å². The first-order chi connectivity index (χ1) is 13.2. The van der Waals surface area contributed by atoms with Crippen molar-refractivity contribution in [1.82, 2.24) is 9.88 Å². The number of hydrogen-bond donors (Lipinski definition) is 0. The van der Waals surface area contributed by atoms with Crippen LogP contribution < -0.4 is 0 Å². The van der Waals surface area contributed by atoms with Crippen LogP contribution in [0, 0.1) is 23.2 Å². The molecule has 5 aliphatic rings. The Kier molecular flexibility index (Phi) is 4.71. The quantitative estimate of drug-likeness (QED) is 0.756. The highest BCUT2D eigenvalue weighted by Crippen LogP contribution is 2.61. The van der Waals surface area contributed by atoms with E-state index in [0.29, 0.717) is 17.9 Å². The highest BCUT2D eigenvalue weighted by atomic mass is 16.5. The second-order valence-electron chi connectivity index (χ2n) is 9.86. The van der Waals surface area contributed by atoms with Crippen molar-refractivity contribution in [1.29, 1.82) is 0 Å². The van der Waals surface area contributed by atoms with Gasteiger partial charge in [-0.3, -0.25) is 9.78 Å². The molecule has 1 aromatic rings. The SMILES string of the molecule is O=C(CC12CC3CC(CC(C3)C1)C2)N(Cc1ccncc1)CC1CCCO1. The Balaban J connectivity index is 1.30. The summed E-state index contributed by atoms with van der Waals surface area (Å²) in [6.07, 6.45) is 15.0. The summed E-state index contributed by atoms with van der Waals surface area (Å²) in [4.78, 5) is 19.7. The number of hydrogen-bond acceptors (Lipinski definition) is 3. The Bertz CT molecular complexity index is 633. The third-order valence-corrected chi connectivity index (χ3v) is 7.61. The summed E-state index contributed by atoms with van der Waals surface area (Å²) in [6.45, 7) is 2.28. The zero-order valence-corrected chi connectivity index (χ0v) is 16.3. The molecule has 0 spiro atoms. The van der Waals surface area contributed by atoms with Crippen molar-refractivity contribution in [2.45, 2.75) is 70.4 Å². The van der Waals surface area contributed by atoms with Gasteiger partial charge < -0.3 is 9.64 Å². The van der Waals surface area contributed by atoms with E-state index in [9.17, 15) is 4.79 Å². The standard InChI is InChI=1S/C23H32N2O2/c26-22(14-23-11-18-8-19(12-23)10-20(9-18)13-23)25(16-21-2-1-7-27-21)15-17-3-5-24-6-4-17/h3-6,18-21H,1-2,7-16H2. The molecular formula is C23H32N2O2. The van der Waals surface area contributed by atoms with Crippen LogP contribution in [0.1, 0.15) is 63.4 Å². The van der Waals surface area contributed by atoms with Gasteiger partial charge in [0.25, 0.3) is 0 Å². The van der Waals surface area contributed by atoms with Crippen molar-refractivity contribution in [2.75, 3.05) is 13.2 Å². The lowest BCUT2D eigenvalue weighted by Gasteiger charge is -2.57. The molecule has 27 heavy (non-hydrogen) atoms. The predicted octanol–water partition coefficient (Wildman–Crippen LogP) is 4.20. The Labute approximate surface area is 162 Å². The highest BCUT2D eigenvalue weighted by Gasteiger charge is 2.51. The summed E-state index contributed by atoms with van der Waals surface area (Å²) in [5.41, 5.74) is 1.47. The topological polar surface area (TPSA) is 42.4 Å². The van der Waals surface area contributed by atoms with E-state index in [4.69, 9.17) is 4.74 Å². The molecule has 4 aliphatic carbocycles. The third-order valence-electron chi connectivity index (χ3n) is 7.61. The van der Waals surface area contributed by atoms with Crippen molar-refractivity contribution < 1.29 is 9.53 Å². The maximum absolute atomic E-state index is 13.5. The average molecular weight is 369 g/mol. The average Bonchev–Trinajstić information content (AvgIpc) is 3.13. The molecule has 4 bridgehead atoms. The number of rotatable bonds is 6. The molecule has 1 saturated heterocycles. The fraction of sp³-hybridized carbons (Fsp3) is 0.739. The predicted molar refractivity (Wildman–Crippen MR) is 104 cm³/mol. The first kappa shape index (κ1) is 17.7. The minimum absolute atomic E-state index is 0.215. The first-order valence-corrected chi connectivity index (χ1v) is 11.0. The van der Waals surface area contributed by atoms with E-state index < -0.39 is 0 Å². The van der Waals surface area contributed by atoms with Gasteiger partial charge in [-0.25, -0.2) is 0 Å². The molecule has 4 saturated carbocycles. The van der Waals surface area contributed by atoms with E-state index in [1.165, 1.54) is 44.1 Å². The van der Waals surface area contributed by atoms with E-state index in [0.717, 1.165) is 50.2 Å². The van der Waals surface area contributed by atoms with Gasteiger partial charge in [0.2, 0.25) is 5.91 Å². The van der Waals surface area contributed by atoms with Gasteiger partial charge in [-0.2, -0.15) is 0 Å². The molecule has 6 rings (SSSR count). The molecule has 0 aromatic carbocycles. The van der Waals surface area contributed by atoms with Crippen molar-refractivity contribution in [3.63, 3.8) is 0 Å². The van der Waals surface area contributed by atoms with Crippen LogP contribution >= 0.6 is 0 Å². The molecular weight excluding hydrogens is 336 g/mol. The number of nitrogens with zero attached hydrogens (tertiary/aromatic N) is 2. The fourth-order valence-electron chi connectivity index (χ4n) is 6.94. The maximum Gasteiger partial charge on any atom is 0.223 e. The number of carbonyl (C=O) groups excluding carboxylic acids is 1. The summed E-state index contributed by atoms with van der Waals surface area (Å²) in [7, 11) is 0. The molecule has 1 aromatic heterocycles. The van der Waals surface area contributed by atoms with Gasteiger partial charge in [0, 0.05) is 38.5 Å². The normalized spacial score (nSPS) is 36.9. The number of ether oxygens (including phenoxy) is 1. The van der Waals surface area contributed by atoms with E-state index in [1.54, 1.807) is 0 Å². The summed E-state index contributed by atoms with van der Waals surface area (Å²) < 4.78 is 5.86. The largest absolute Gasteiger partial charge is 0.376 e. The van der Waals surface area contributed by atoms with Crippen molar-refractivity contribution >= 4 is 5.91 Å². The van der Waals surface area contributed by atoms with Gasteiger partial charge in [0.1, 0.15) is 0 Å². The van der Waals surface area contributed by atoms with Crippen LogP contribution in [0.4, 0.5) is 0 Å². The van der Waals surface area contributed by atoms with Gasteiger partial charge in [0.15, 0.2) is 0 Å². The molecule has 1 atom stereocenters. The third kappa shape index (κ3) is 3.78. The first-order valence-electron chi connectivity index (χ1n) is 11.0. The van der Waals surface area contributed by atoms with Gasteiger partial charge in [-0.05, 0) is 92.2 Å². The number of aromatic nitrogens is 1. The molecule has 1 aliphatic heterocycles. The molecule has 0 N–H and O–H groups in total. The van der Waals surface area contributed by atoms with E-state index in [2.05, 4.69) is 9.88 Å². The summed E-state index contributed by atoms with van der Waals surface area (Å²) in [5, 5.41) is 0. The Morgan fingerprint density at radius 2 is 1.78 bits per heavy atom. The van der Waals surface area contributed by atoms with Gasteiger partial charge in [0.05, 0.1) is 6.10 Å². The van der Waals surface area contributed by atoms with Crippen LogP contribution in [0.5, 0.6) is 0 Å².